The van der Waals surface area contributed by atoms with Crippen LogP contribution in [-0.2, 0) is 0 Å². The van der Waals surface area contributed by atoms with Crippen LogP contribution in [0.4, 0.5) is 0 Å². The van der Waals surface area contributed by atoms with Crippen LogP contribution < -0.4 is 0 Å². The molecule has 95 heavy (non-hydrogen) atoms. The van der Waals surface area contributed by atoms with Gasteiger partial charge < -0.3 is 0 Å². The molecular weight excluding hydrogens is 1170 g/mol. The van der Waals surface area contributed by atoms with Gasteiger partial charge in [-0.1, -0.05) is 194 Å². The average molecular weight is 1240 g/mol. The molecule has 6 aromatic carbocycles. The van der Waals surface area contributed by atoms with Gasteiger partial charge in [0.25, 0.3) is 0 Å². The van der Waals surface area contributed by atoms with Crippen LogP contribution in [0.5, 0.6) is 0 Å². The van der Waals surface area contributed by atoms with Crippen molar-refractivity contribution in [3.05, 3.63) is 339 Å². The van der Waals surface area contributed by atoms with Crippen LogP contribution in [0.15, 0.2) is 310 Å². The van der Waals surface area contributed by atoms with E-state index in [2.05, 4.69) is 118 Å². The zero-order valence-electron chi connectivity index (χ0n) is 53.2. The van der Waals surface area contributed by atoms with Crippen molar-refractivity contribution in [2.24, 2.45) is 0 Å². The van der Waals surface area contributed by atoms with E-state index in [0.717, 1.165) is 130 Å². The first-order chi connectivity index (χ1) is 46.6. The molecule has 0 aliphatic rings. The molecule has 460 valence electrons. The summed E-state index contributed by atoms with van der Waals surface area (Å²) in [6.07, 6.45) is 10.6. The molecule has 0 spiro atoms. The van der Waals surface area contributed by atoms with Gasteiger partial charge in [-0.25, -0.2) is 49.8 Å². The first kappa shape index (κ1) is 63.9. The second-order valence-electron chi connectivity index (χ2n) is 21.6. The largest absolute Gasteiger partial charge is 0.265 e. The Morgan fingerprint density at radius 1 is 0.189 bits per heavy atom. The Balaban J connectivity index is 0.000000121. The predicted molar refractivity (Wildman–Crippen MR) is 379 cm³/mol. The Hall–Kier alpha value is -12.7. The lowest BCUT2D eigenvalue weighted by molar-refractivity contribution is 1.05. The van der Waals surface area contributed by atoms with Crippen molar-refractivity contribution in [3.63, 3.8) is 0 Å². The number of rotatable bonds is 10. The highest BCUT2D eigenvalue weighted by Crippen LogP contribution is 2.27. The minimum Gasteiger partial charge on any atom is -0.265 e. The van der Waals surface area contributed by atoms with Crippen molar-refractivity contribution in [2.45, 2.75) is 34.6 Å². The Bertz CT molecular complexity index is 3830. The lowest BCUT2D eigenvalue weighted by atomic mass is 10.1. The molecule has 9 heterocycles. The van der Waals surface area contributed by atoms with Crippen molar-refractivity contribution < 1.29 is 0 Å². The molecule has 0 aliphatic heterocycles. The highest BCUT2D eigenvalue weighted by Gasteiger charge is 2.12. The fraction of sp³-hybridized carbons (Fsp3) is 0.0617. The Morgan fingerprint density at radius 2 is 0.505 bits per heavy atom. The van der Waals surface area contributed by atoms with Gasteiger partial charge in [0.05, 0.1) is 45.6 Å². The van der Waals surface area contributed by atoms with E-state index in [1.54, 1.807) is 37.2 Å². The third-order valence-electron chi connectivity index (χ3n) is 14.3. The molecule has 0 fully saturated rings. The molecule has 15 rings (SSSR count). The lowest BCUT2D eigenvalue weighted by Crippen LogP contribution is -1.96. The summed E-state index contributed by atoms with van der Waals surface area (Å²) in [5.41, 5.74) is 19.5. The van der Waals surface area contributed by atoms with Crippen LogP contribution in [0.1, 0.15) is 28.7 Å². The maximum atomic E-state index is 4.64. The maximum absolute atomic E-state index is 4.64. The van der Waals surface area contributed by atoms with Crippen LogP contribution in [-0.4, -0.2) is 69.8 Å². The molecule has 0 amide bonds. The van der Waals surface area contributed by atoms with E-state index < -0.39 is 0 Å². The number of aromatic nitrogens is 14. The molecular formula is C81H66N14. The summed E-state index contributed by atoms with van der Waals surface area (Å²) in [6.45, 7) is 9.77. The van der Waals surface area contributed by atoms with Crippen LogP contribution in [0.25, 0.3) is 113 Å². The summed E-state index contributed by atoms with van der Waals surface area (Å²) in [7, 11) is 0. The quantitative estimate of drug-likeness (QED) is 0.126. The highest BCUT2D eigenvalue weighted by atomic mass is 14.9. The predicted octanol–water partition coefficient (Wildman–Crippen LogP) is 18.2. The zero-order chi connectivity index (χ0) is 65.4. The molecule has 0 unspecified atom stereocenters. The fourth-order valence-electron chi connectivity index (χ4n) is 9.89. The molecule has 0 saturated carbocycles. The van der Waals surface area contributed by atoms with Crippen molar-refractivity contribution in [1.29, 1.82) is 0 Å². The smallest absolute Gasteiger partial charge is 0.178 e. The fourth-order valence-corrected chi connectivity index (χ4v) is 9.89. The second kappa shape index (κ2) is 32.4. The maximum Gasteiger partial charge on any atom is 0.178 e. The zero-order valence-corrected chi connectivity index (χ0v) is 53.2. The summed E-state index contributed by atoms with van der Waals surface area (Å²) < 4.78 is 0. The topological polar surface area (TPSA) is 180 Å². The van der Waals surface area contributed by atoms with Gasteiger partial charge in [0.1, 0.15) is 17.3 Å². The van der Waals surface area contributed by atoms with Gasteiger partial charge in [-0.2, -0.15) is 0 Å². The number of benzene rings is 6. The van der Waals surface area contributed by atoms with E-state index in [9.17, 15) is 0 Å². The van der Waals surface area contributed by atoms with E-state index >= 15 is 0 Å². The molecule has 9 aromatic heterocycles. The average Bonchev–Trinajstić information content (AvgIpc) is 1.37. The van der Waals surface area contributed by atoms with E-state index in [-0.39, 0.29) is 0 Å². The van der Waals surface area contributed by atoms with E-state index in [1.165, 1.54) is 0 Å². The van der Waals surface area contributed by atoms with Gasteiger partial charge in [0, 0.05) is 98.8 Å². The monoisotopic (exact) mass is 1230 g/mol. The first-order valence-electron chi connectivity index (χ1n) is 30.9. The second-order valence-corrected chi connectivity index (χ2v) is 21.6. The van der Waals surface area contributed by atoms with Gasteiger partial charge >= 0.3 is 0 Å². The molecule has 0 aliphatic carbocycles. The number of aryl methyl sites for hydroxylation is 5. The Labute approximate surface area is 553 Å². The number of nitrogens with zero attached hydrogens (tertiary/aromatic N) is 14. The molecule has 0 atom stereocenters. The SMILES string of the molecule is Cc1cc(-c2ccccc2)nc(-c2ccccn2)n1.Cc1cc(-c2ccccc2)nc(-c2cccnc2)n1.Cc1cc(-c2ccccc2)nc(-c2ccncc2)n1.Cc1nc(-c2ccccc2)cc(-c2ccccc2)n1.Cc1nc(-c2ccccc2)cc(-c2ccccn2)n1. The van der Waals surface area contributed by atoms with Gasteiger partial charge in [-0.05, 0) is 113 Å². The van der Waals surface area contributed by atoms with E-state index in [1.807, 2.05) is 259 Å². The summed E-state index contributed by atoms with van der Waals surface area (Å²) in [4.78, 5) is 62.0. The Morgan fingerprint density at radius 3 is 0.874 bits per heavy atom. The van der Waals surface area contributed by atoms with E-state index in [4.69, 9.17) is 0 Å². The van der Waals surface area contributed by atoms with Gasteiger partial charge in [-0.15, -0.1) is 0 Å². The minimum absolute atomic E-state index is 0.666. The van der Waals surface area contributed by atoms with Gasteiger partial charge in [-0.3, -0.25) is 19.9 Å². The Kier molecular flexibility index (Phi) is 21.8. The van der Waals surface area contributed by atoms with Crippen LogP contribution in [0.3, 0.4) is 0 Å². The van der Waals surface area contributed by atoms with E-state index in [0.29, 0.717) is 11.6 Å². The molecule has 0 saturated heterocycles. The normalized spacial score (nSPS) is 10.4. The van der Waals surface area contributed by atoms with Crippen molar-refractivity contribution in [3.8, 4) is 113 Å². The summed E-state index contributed by atoms with van der Waals surface area (Å²) in [5.74, 6) is 3.66. The molecule has 0 radical (unpaired) electrons. The van der Waals surface area contributed by atoms with Crippen molar-refractivity contribution in [2.75, 3.05) is 0 Å². The van der Waals surface area contributed by atoms with Crippen LogP contribution in [0.2, 0.25) is 0 Å². The molecule has 0 bridgehead atoms. The number of hydrogen-bond acceptors (Lipinski definition) is 14. The molecule has 0 N–H and O–H groups in total. The molecule has 14 heteroatoms. The lowest BCUT2D eigenvalue weighted by Gasteiger charge is -2.06. The van der Waals surface area contributed by atoms with Crippen molar-refractivity contribution in [1.82, 2.24) is 69.8 Å². The van der Waals surface area contributed by atoms with Crippen LogP contribution in [0, 0.1) is 34.6 Å². The van der Waals surface area contributed by atoms with Gasteiger partial charge in [0.2, 0.25) is 0 Å². The van der Waals surface area contributed by atoms with Gasteiger partial charge in [0.15, 0.2) is 17.5 Å². The summed E-state index contributed by atoms with van der Waals surface area (Å²) >= 11 is 0. The highest BCUT2D eigenvalue weighted by molar-refractivity contribution is 5.70. The standard InChI is InChI=1S/C17H14N2.4C16H13N3/c1-13-18-16(14-8-4-2-5-9-14)12-17(19-13)15-10-6-3-7-11-15;1-12-18-15(13-7-3-2-4-8-13)11-16(19-12)14-9-5-6-10-17-14;1-12-11-15(13-7-3-2-4-8-13)19-16(18-12)14-9-5-6-10-17-14;1-12-10-15(13-6-3-2-4-7-13)19-16(18-12)14-8-5-9-17-11-14;1-12-11-15(13-5-3-2-4-6-13)19-16(18-12)14-7-9-17-10-8-14/h2-12H,1H3;4*2-11H,1H3. The number of hydrogen-bond donors (Lipinski definition) is 0. The number of pyridine rings is 4. The first-order valence-corrected chi connectivity index (χ1v) is 30.9. The molecule has 14 nitrogen and oxygen atoms in total. The van der Waals surface area contributed by atoms with Crippen LogP contribution >= 0.6 is 0 Å². The third-order valence-corrected chi connectivity index (χ3v) is 14.3. The third kappa shape index (κ3) is 18.3. The minimum atomic E-state index is 0.666. The molecule has 15 aromatic rings. The van der Waals surface area contributed by atoms with Crippen molar-refractivity contribution >= 4 is 0 Å². The summed E-state index contributed by atoms with van der Waals surface area (Å²) in [5, 5.41) is 0. The summed E-state index contributed by atoms with van der Waals surface area (Å²) in [6, 6.07) is 90.1.